The van der Waals surface area contributed by atoms with Crippen molar-refractivity contribution < 1.29 is 4.74 Å². The third-order valence-electron chi connectivity index (χ3n) is 1.90. The zero-order chi connectivity index (χ0) is 7.45. The molecular weight excluding hydrogens is 128 g/mol. The number of hydrogen-bond donors (Lipinski definition) is 1. The van der Waals surface area contributed by atoms with Crippen molar-refractivity contribution in [2.75, 3.05) is 26.8 Å². The van der Waals surface area contributed by atoms with Crippen molar-refractivity contribution in [2.24, 2.45) is 5.41 Å². The highest BCUT2D eigenvalue weighted by atomic mass is 16.5. The highest BCUT2D eigenvalue weighted by molar-refractivity contribution is 5.04. The molecule has 0 aromatic heterocycles. The smallest absolute Gasteiger partial charge is 0.0942 e. The lowest BCUT2D eigenvalue weighted by atomic mass is 9.90. The van der Waals surface area contributed by atoms with E-state index in [4.69, 9.17) is 10.00 Å². The number of ether oxygens (including phenoxy) is 1. The monoisotopic (exact) mass is 140 g/mol. The SMILES string of the molecule is COCC1(C#N)CCNC1. The topological polar surface area (TPSA) is 45.0 Å². The quantitative estimate of drug-likeness (QED) is 0.593. The molecule has 3 nitrogen and oxygen atoms in total. The fourth-order valence-electron chi connectivity index (χ4n) is 1.27. The van der Waals surface area contributed by atoms with Gasteiger partial charge >= 0.3 is 0 Å². The Morgan fingerprint density at radius 3 is 3.00 bits per heavy atom. The van der Waals surface area contributed by atoms with Crippen LogP contribution in [0, 0.1) is 16.7 Å². The Bertz CT molecular complexity index is 144. The van der Waals surface area contributed by atoms with Gasteiger partial charge in [-0.25, -0.2) is 0 Å². The molecule has 1 fully saturated rings. The highest BCUT2D eigenvalue weighted by Gasteiger charge is 2.33. The summed E-state index contributed by atoms with van der Waals surface area (Å²) in [6.45, 7) is 2.27. The lowest BCUT2D eigenvalue weighted by Gasteiger charge is -2.16. The van der Waals surface area contributed by atoms with Crippen LogP contribution in [0.2, 0.25) is 0 Å². The number of nitrogens with one attached hydrogen (secondary N) is 1. The van der Waals surface area contributed by atoms with Gasteiger partial charge in [0.05, 0.1) is 18.1 Å². The van der Waals surface area contributed by atoms with Crippen LogP contribution in [0.1, 0.15) is 6.42 Å². The second-order valence-electron chi connectivity index (χ2n) is 2.75. The fraction of sp³-hybridized carbons (Fsp3) is 0.857. The predicted molar refractivity (Wildman–Crippen MR) is 37.4 cm³/mol. The van der Waals surface area contributed by atoms with E-state index >= 15 is 0 Å². The highest BCUT2D eigenvalue weighted by Crippen LogP contribution is 2.23. The summed E-state index contributed by atoms with van der Waals surface area (Å²) in [7, 11) is 1.64. The van der Waals surface area contributed by atoms with Gasteiger partial charge in [-0.1, -0.05) is 0 Å². The first kappa shape index (κ1) is 7.52. The van der Waals surface area contributed by atoms with Crippen molar-refractivity contribution >= 4 is 0 Å². The molecule has 1 rings (SSSR count). The number of hydrogen-bond acceptors (Lipinski definition) is 3. The number of rotatable bonds is 2. The molecule has 1 heterocycles. The Kier molecular flexibility index (Phi) is 2.25. The summed E-state index contributed by atoms with van der Waals surface area (Å²) in [5.74, 6) is 0. The molecule has 3 heteroatoms. The van der Waals surface area contributed by atoms with Gasteiger partial charge in [0, 0.05) is 13.7 Å². The van der Waals surface area contributed by atoms with Crippen molar-refractivity contribution in [1.29, 1.82) is 5.26 Å². The van der Waals surface area contributed by atoms with E-state index in [2.05, 4.69) is 11.4 Å². The van der Waals surface area contributed by atoms with Crippen molar-refractivity contribution in [1.82, 2.24) is 5.32 Å². The van der Waals surface area contributed by atoms with Crippen LogP contribution in [0.25, 0.3) is 0 Å². The molecule has 0 bridgehead atoms. The predicted octanol–water partition coefficient (Wildman–Crippen LogP) is 0.136. The molecule has 0 amide bonds. The van der Waals surface area contributed by atoms with E-state index in [9.17, 15) is 0 Å². The summed E-state index contributed by atoms with van der Waals surface area (Å²) in [6, 6.07) is 2.29. The lowest BCUT2D eigenvalue weighted by molar-refractivity contribution is 0.127. The van der Waals surface area contributed by atoms with E-state index in [0.717, 1.165) is 19.5 Å². The second kappa shape index (κ2) is 3.00. The first-order valence-corrected chi connectivity index (χ1v) is 3.44. The van der Waals surface area contributed by atoms with Crippen LogP contribution in [0.15, 0.2) is 0 Å². The van der Waals surface area contributed by atoms with Crippen LogP contribution in [0.5, 0.6) is 0 Å². The van der Waals surface area contributed by atoms with Crippen LogP contribution >= 0.6 is 0 Å². The zero-order valence-electron chi connectivity index (χ0n) is 6.18. The number of nitriles is 1. The summed E-state index contributed by atoms with van der Waals surface area (Å²) in [5.41, 5.74) is -0.241. The summed E-state index contributed by atoms with van der Waals surface area (Å²) >= 11 is 0. The van der Waals surface area contributed by atoms with E-state index < -0.39 is 0 Å². The van der Waals surface area contributed by atoms with Crippen LogP contribution in [-0.2, 0) is 4.74 Å². The molecule has 1 saturated heterocycles. The maximum Gasteiger partial charge on any atom is 0.0942 e. The van der Waals surface area contributed by atoms with Crippen molar-refractivity contribution in [3.8, 4) is 6.07 Å². The Hall–Kier alpha value is -0.590. The summed E-state index contributed by atoms with van der Waals surface area (Å²) in [4.78, 5) is 0. The van der Waals surface area contributed by atoms with Gasteiger partial charge in [0.25, 0.3) is 0 Å². The van der Waals surface area contributed by atoms with Crippen LogP contribution in [0.4, 0.5) is 0 Å². The van der Waals surface area contributed by atoms with Gasteiger partial charge in [-0.3, -0.25) is 0 Å². The molecule has 1 aliphatic heterocycles. The molecule has 0 radical (unpaired) electrons. The van der Waals surface area contributed by atoms with Crippen molar-refractivity contribution in [3.63, 3.8) is 0 Å². The maximum atomic E-state index is 8.78. The van der Waals surface area contributed by atoms with E-state index in [1.165, 1.54) is 0 Å². The Morgan fingerprint density at radius 1 is 1.80 bits per heavy atom. The minimum Gasteiger partial charge on any atom is -0.383 e. The minimum absolute atomic E-state index is 0.241. The van der Waals surface area contributed by atoms with E-state index in [1.54, 1.807) is 7.11 Å². The first-order valence-electron chi connectivity index (χ1n) is 3.44. The van der Waals surface area contributed by atoms with Crippen LogP contribution in [-0.4, -0.2) is 26.8 Å². The Morgan fingerprint density at radius 2 is 2.60 bits per heavy atom. The van der Waals surface area contributed by atoms with Gasteiger partial charge in [-0.15, -0.1) is 0 Å². The van der Waals surface area contributed by atoms with Crippen molar-refractivity contribution in [2.45, 2.75) is 6.42 Å². The molecule has 1 unspecified atom stereocenters. The molecule has 0 saturated carbocycles. The van der Waals surface area contributed by atoms with Crippen molar-refractivity contribution in [3.05, 3.63) is 0 Å². The number of methoxy groups -OCH3 is 1. The van der Waals surface area contributed by atoms with Gasteiger partial charge < -0.3 is 10.1 Å². The molecule has 1 aliphatic rings. The van der Waals surface area contributed by atoms with Gasteiger partial charge in [-0.05, 0) is 13.0 Å². The molecule has 0 spiro atoms. The van der Waals surface area contributed by atoms with Crippen LogP contribution in [0.3, 0.4) is 0 Å². The zero-order valence-corrected chi connectivity index (χ0v) is 6.18. The van der Waals surface area contributed by atoms with Gasteiger partial charge in [0.1, 0.15) is 0 Å². The molecule has 1 atom stereocenters. The third kappa shape index (κ3) is 1.28. The Balaban J connectivity index is 2.51. The molecular formula is C7H12N2O. The van der Waals surface area contributed by atoms with E-state index in [-0.39, 0.29) is 5.41 Å². The molecule has 56 valence electrons. The minimum atomic E-state index is -0.241. The van der Waals surface area contributed by atoms with Gasteiger partial charge in [-0.2, -0.15) is 5.26 Å². The van der Waals surface area contributed by atoms with E-state index in [1.807, 2.05) is 0 Å². The average Bonchev–Trinajstić information content (AvgIpc) is 2.39. The molecule has 0 aromatic rings. The normalized spacial score (nSPS) is 32.0. The molecule has 10 heavy (non-hydrogen) atoms. The van der Waals surface area contributed by atoms with Gasteiger partial charge in [0.15, 0.2) is 0 Å². The maximum absolute atomic E-state index is 8.78. The average molecular weight is 140 g/mol. The third-order valence-corrected chi connectivity index (χ3v) is 1.90. The Labute approximate surface area is 61.0 Å². The lowest BCUT2D eigenvalue weighted by Crippen LogP contribution is -2.27. The van der Waals surface area contributed by atoms with Crippen LogP contribution < -0.4 is 5.32 Å². The molecule has 1 N–H and O–H groups in total. The number of nitrogens with zero attached hydrogens (tertiary/aromatic N) is 1. The van der Waals surface area contributed by atoms with E-state index in [0.29, 0.717) is 6.61 Å². The fourth-order valence-corrected chi connectivity index (χ4v) is 1.27. The summed E-state index contributed by atoms with van der Waals surface area (Å²) in [5, 5.41) is 11.9. The molecule has 0 aromatic carbocycles. The molecule has 0 aliphatic carbocycles. The standard InChI is InChI=1S/C7H12N2O/c1-10-6-7(4-8)2-3-9-5-7/h9H,2-3,5-6H2,1H3. The largest absolute Gasteiger partial charge is 0.383 e. The summed E-state index contributed by atoms with van der Waals surface area (Å²) < 4.78 is 4.96. The first-order chi connectivity index (χ1) is 4.83. The second-order valence-corrected chi connectivity index (χ2v) is 2.75. The van der Waals surface area contributed by atoms with Gasteiger partial charge in [0.2, 0.25) is 0 Å². The summed E-state index contributed by atoms with van der Waals surface area (Å²) in [6.07, 6.45) is 0.914.